The molecule has 4 rings (SSSR count). The van der Waals surface area contributed by atoms with Gasteiger partial charge in [0.1, 0.15) is 0 Å². The summed E-state index contributed by atoms with van der Waals surface area (Å²) in [7, 11) is 0. The van der Waals surface area contributed by atoms with Gasteiger partial charge in [0.05, 0.1) is 11.0 Å². The molecule has 3 heterocycles. The summed E-state index contributed by atoms with van der Waals surface area (Å²) >= 11 is 0. The normalized spacial score (nSPS) is 16.1. The molecule has 0 aliphatic carbocycles. The van der Waals surface area contributed by atoms with Gasteiger partial charge in [-0.3, -0.25) is 9.89 Å². The maximum atomic E-state index is 11.4. The lowest BCUT2D eigenvalue weighted by molar-refractivity contribution is 0.574. The topological polar surface area (TPSA) is 64.8 Å². The highest BCUT2D eigenvalue weighted by atomic mass is 16.1. The van der Waals surface area contributed by atoms with Gasteiger partial charge in [-0.15, -0.1) is 0 Å². The van der Waals surface area contributed by atoms with Crippen LogP contribution in [-0.4, -0.2) is 28.3 Å². The van der Waals surface area contributed by atoms with Crippen LogP contribution in [0.4, 0.5) is 5.82 Å². The fourth-order valence-corrected chi connectivity index (χ4v) is 3.00. The van der Waals surface area contributed by atoms with E-state index in [2.05, 4.69) is 26.1 Å². The van der Waals surface area contributed by atoms with Crippen molar-refractivity contribution in [2.45, 2.75) is 19.3 Å². The van der Waals surface area contributed by atoms with Gasteiger partial charge in [0.25, 0.3) is 0 Å². The largest absolute Gasteiger partial charge is 0.355 e. The van der Waals surface area contributed by atoms with Crippen LogP contribution in [0.1, 0.15) is 19.3 Å². The van der Waals surface area contributed by atoms with Crippen molar-refractivity contribution >= 4 is 27.6 Å². The van der Waals surface area contributed by atoms with Gasteiger partial charge in [0, 0.05) is 24.5 Å². The van der Waals surface area contributed by atoms with Crippen LogP contribution in [0.25, 0.3) is 21.8 Å². The van der Waals surface area contributed by atoms with E-state index in [1.807, 2.05) is 12.1 Å². The van der Waals surface area contributed by atoms with Crippen LogP contribution < -0.4 is 10.5 Å². The Kier molecular flexibility index (Phi) is 2.52. The number of nitrogens with zero attached hydrogens (tertiary/aromatic N) is 2. The monoisotopic (exact) mass is 268 g/mol. The quantitative estimate of drug-likeness (QED) is 0.712. The summed E-state index contributed by atoms with van der Waals surface area (Å²) in [5.74, 6) is 1.04. The Bertz CT molecular complexity index is 827. The predicted molar refractivity (Wildman–Crippen MR) is 80.3 cm³/mol. The van der Waals surface area contributed by atoms with Crippen LogP contribution in [0, 0.1) is 0 Å². The molecule has 2 aromatic heterocycles. The lowest BCUT2D eigenvalue weighted by Crippen LogP contribution is -2.29. The Hall–Kier alpha value is -2.30. The summed E-state index contributed by atoms with van der Waals surface area (Å²) in [6.07, 6.45) is 3.77. The fraction of sp³-hybridized carbons (Fsp3) is 0.333. The van der Waals surface area contributed by atoms with Gasteiger partial charge in [0.15, 0.2) is 5.82 Å². The van der Waals surface area contributed by atoms with Crippen molar-refractivity contribution in [3.8, 4) is 0 Å². The first-order valence-corrected chi connectivity index (χ1v) is 7.07. The Morgan fingerprint density at radius 1 is 1.05 bits per heavy atom. The predicted octanol–water partition coefficient (Wildman–Crippen LogP) is 2.39. The van der Waals surface area contributed by atoms with E-state index in [1.165, 1.54) is 19.3 Å². The van der Waals surface area contributed by atoms with Crippen molar-refractivity contribution in [1.29, 1.82) is 0 Å². The molecular weight excluding hydrogens is 252 g/mol. The number of hydrogen-bond acceptors (Lipinski definition) is 3. The van der Waals surface area contributed by atoms with Crippen LogP contribution >= 0.6 is 0 Å². The minimum atomic E-state index is -0.0763. The SMILES string of the molecule is O=c1ccc2cc3c(N4CCCCC4)n[nH]c3cc2[nH]1. The summed E-state index contributed by atoms with van der Waals surface area (Å²) < 4.78 is 0. The molecule has 2 N–H and O–H groups in total. The zero-order valence-corrected chi connectivity index (χ0v) is 11.1. The Morgan fingerprint density at radius 2 is 1.90 bits per heavy atom. The van der Waals surface area contributed by atoms with Gasteiger partial charge < -0.3 is 9.88 Å². The molecule has 0 bridgehead atoms. The third-order valence-electron chi connectivity index (χ3n) is 4.04. The van der Waals surface area contributed by atoms with Gasteiger partial charge in [-0.25, -0.2) is 0 Å². The molecule has 5 heteroatoms. The number of aromatic amines is 2. The average Bonchev–Trinajstić information content (AvgIpc) is 2.88. The molecule has 0 atom stereocenters. The summed E-state index contributed by atoms with van der Waals surface area (Å²) in [5, 5.41) is 9.73. The van der Waals surface area contributed by atoms with Crippen LogP contribution in [0.2, 0.25) is 0 Å². The molecular formula is C15H16N4O. The molecule has 5 nitrogen and oxygen atoms in total. The van der Waals surface area contributed by atoms with E-state index < -0.39 is 0 Å². The number of anilines is 1. The summed E-state index contributed by atoms with van der Waals surface area (Å²) in [6, 6.07) is 7.50. The van der Waals surface area contributed by atoms with E-state index in [1.54, 1.807) is 6.07 Å². The Morgan fingerprint density at radius 3 is 2.75 bits per heavy atom. The van der Waals surface area contributed by atoms with E-state index in [0.29, 0.717) is 0 Å². The minimum absolute atomic E-state index is 0.0763. The fourth-order valence-electron chi connectivity index (χ4n) is 3.00. The third kappa shape index (κ3) is 1.78. The Balaban J connectivity index is 1.90. The first-order valence-electron chi connectivity index (χ1n) is 7.07. The number of fused-ring (bicyclic) bond motifs is 2. The van der Waals surface area contributed by atoms with Gasteiger partial charge in [-0.1, -0.05) is 0 Å². The second-order valence-electron chi connectivity index (χ2n) is 5.40. The average molecular weight is 268 g/mol. The smallest absolute Gasteiger partial charge is 0.248 e. The molecule has 0 saturated carbocycles. The summed E-state index contributed by atoms with van der Waals surface area (Å²) in [6.45, 7) is 2.15. The molecule has 0 spiro atoms. The highest BCUT2D eigenvalue weighted by molar-refractivity contribution is 6.00. The number of benzene rings is 1. The van der Waals surface area contributed by atoms with Gasteiger partial charge >= 0.3 is 0 Å². The second-order valence-corrected chi connectivity index (χ2v) is 5.40. The second kappa shape index (κ2) is 4.37. The lowest BCUT2D eigenvalue weighted by Gasteiger charge is -2.26. The number of aromatic nitrogens is 3. The van der Waals surface area contributed by atoms with Crippen LogP contribution in [0.5, 0.6) is 0 Å². The number of hydrogen-bond donors (Lipinski definition) is 2. The summed E-state index contributed by atoms with van der Waals surface area (Å²) in [5.41, 5.74) is 1.74. The molecule has 1 saturated heterocycles. The van der Waals surface area contributed by atoms with E-state index in [0.717, 1.165) is 40.7 Å². The minimum Gasteiger partial charge on any atom is -0.355 e. The zero-order chi connectivity index (χ0) is 13.5. The maximum absolute atomic E-state index is 11.4. The highest BCUT2D eigenvalue weighted by Gasteiger charge is 2.16. The van der Waals surface area contributed by atoms with E-state index in [-0.39, 0.29) is 5.56 Å². The molecule has 102 valence electrons. The van der Waals surface area contributed by atoms with E-state index >= 15 is 0 Å². The van der Waals surface area contributed by atoms with Crippen LogP contribution in [0.15, 0.2) is 29.1 Å². The first-order chi connectivity index (χ1) is 9.81. The van der Waals surface area contributed by atoms with Crippen molar-refractivity contribution in [3.63, 3.8) is 0 Å². The molecule has 3 aromatic rings. The van der Waals surface area contributed by atoms with E-state index in [4.69, 9.17) is 0 Å². The molecule has 1 aromatic carbocycles. The van der Waals surface area contributed by atoms with Gasteiger partial charge in [-0.05, 0) is 42.8 Å². The molecule has 0 unspecified atom stereocenters. The number of pyridine rings is 1. The molecule has 0 radical (unpaired) electrons. The highest BCUT2D eigenvalue weighted by Crippen LogP contribution is 2.29. The van der Waals surface area contributed by atoms with Gasteiger partial charge in [-0.2, -0.15) is 5.10 Å². The van der Waals surface area contributed by atoms with Crippen LogP contribution in [-0.2, 0) is 0 Å². The number of piperidine rings is 1. The standard InChI is InChI=1S/C15H16N4O/c20-14-5-4-10-8-11-13(9-12(10)16-14)17-18-15(11)19-6-2-1-3-7-19/h4-5,8-9H,1-3,6-7H2,(H,16,20)(H,17,18). The molecule has 1 aliphatic rings. The van der Waals surface area contributed by atoms with Crippen molar-refractivity contribution in [1.82, 2.24) is 15.2 Å². The van der Waals surface area contributed by atoms with Crippen molar-refractivity contribution < 1.29 is 0 Å². The summed E-state index contributed by atoms with van der Waals surface area (Å²) in [4.78, 5) is 16.6. The lowest BCUT2D eigenvalue weighted by atomic mass is 10.1. The van der Waals surface area contributed by atoms with Crippen molar-refractivity contribution in [3.05, 3.63) is 34.6 Å². The zero-order valence-electron chi connectivity index (χ0n) is 11.1. The number of rotatable bonds is 1. The van der Waals surface area contributed by atoms with Crippen molar-refractivity contribution in [2.24, 2.45) is 0 Å². The molecule has 1 fully saturated rings. The van der Waals surface area contributed by atoms with Gasteiger partial charge in [0.2, 0.25) is 5.56 Å². The molecule has 1 aliphatic heterocycles. The number of nitrogens with one attached hydrogen (secondary N) is 2. The van der Waals surface area contributed by atoms with Crippen molar-refractivity contribution in [2.75, 3.05) is 18.0 Å². The first kappa shape index (κ1) is 11.5. The number of H-pyrrole nitrogens is 2. The van der Waals surface area contributed by atoms with E-state index in [9.17, 15) is 4.79 Å². The third-order valence-corrected chi connectivity index (χ3v) is 4.04. The molecule has 20 heavy (non-hydrogen) atoms. The maximum Gasteiger partial charge on any atom is 0.248 e. The van der Waals surface area contributed by atoms with Crippen LogP contribution in [0.3, 0.4) is 0 Å². The molecule has 0 amide bonds. The Labute approximate surface area is 115 Å².